The summed E-state index contributed by atoms with van der Waals surface area (Å²) in [6.45, 7) is 19.0. The molecule has 0 saturated carbocycles. The van der Waals surface area contributed by atoms with Crippen LogP contribution < -0.4 is 0 Å². The Morgan fingerprint density at radius 3 is 0.694 bits per heavy atom. The van der Waals surface area contributed by atoms with Crippen LogP contribution in [-0.2, 0) is 0 Å². The van der Waals surface area contributed by atoms with Gasteiger partial charge in [-0.25, -0.2) is 0 Å². The van der Waals surface area contributed by atoms with Gasteiger partial charge >= 0.3 is 0 Å². The minimum absolute atomic E-state index is 1.28. The molecule has 0 atom stereocenters. The maximum atomic E-state index is 2.55. The lowest BCUT2D eigenvalue weighted by Crippen LogP contribution is -1.96. The summed E-state index contributed by atoms with van der Waals surface area (Å²) in [6.07, 6.45) is 0. The molecule has 0 radical (unpaired) electrons. The van der Waals surface area contributed by atoms with E-state index in [0.29, 0.717) is 0 Å². The average molecular weight is 995 g/mol. The molecule has 4 heteroatoms. The molecular formula is C68H50S4. The molecule has 0 amide bonds. The fraction of sp³-hybridized carbons (Fsp3) is 0.118. The highest BCUT2D eigenvalue weighted by Crippen LogP contribution is 2.62. The van der Waals surface area contributed by atoms with Gasteiger partial charge in [-0.3, -0.25) is 0 Å². The number of thiophene rings is 4. The molecule has 14 rings (SSSR count). The van der Waals surface area contributed by atoms with Gasteiger partial charge in [-0.15, -0.1) is 45.3 Å². The summed E-state index contributed by atoms with van der Waals surface area (Å²) < 4.78 is 0. The average Bonchev–Trinajstić information content (AvgIpc) is 4.18. The number of hydrogen-bond donors (Lipinski definition) is 0. The topological polar surface area (TPSA) is 0 Å². The van der Waals surface area contributed by atoms with Gasteiger partial charge in [-0.05, 0) is 176 Å². The zero-order chi connectivity index (χ0) is 48.8. The van der Waals surface area contributed by atoms with Gasteiger partial charge in [-0.1, -0.05) is 158 Å². The predicted octanol–water partition coefficient (Wildman–Crippen LogP) is 21.8. The van der Waals surface area contributed by atoms with Crippen molar-refractivity contribution >= 4 is 99.2 Å². The molecule has 14 aromatic rings. The molecule has 0 nitrogen and oxygen atoms in total. The smallest absolute Gasteiger partial charge is 0.0381 e. The molecule has 4 aromatic heterocycles. The first-order valence-electron chi connectivity index (χ1n) is 25.0. The van der Waals surface area contributed by atoms with Crippen LogP contribution in [0.1, 0.15) is 41.8 Å². The van der Waals surface area contributed by atoms with Crippen LogP contribution in [0.3, 0.4) is 0 Å². The van der Waals surface area contributed by atoms with E-state index < -0.39 is 0 Å². The van der Waals surface area contributed by atoms with E-state index in [9.17, 15) is 0 Å². The van der Waals surface area contributed by atoms with E-state index in [-0.39, 0.29) is 0 Å². The maximum Gasteiger partial charge on any atom is 0.0381 e. The van der Waals surface area contributed by atoms with Crippen molar-refractivity contribution < 1.29 is 0 Å². The Morgan fingerprint density at radius 2 is 0.444 bits per heavy atom. The highest BCUT2D eigenvalue weighted by atomic mass is 32.1. The predicted molar refractivity (Wildman–Crippen MR) is 320 cm³/mol. The molecule has 0 aliphatic rings. The zero-order valence-corrected chi connectivity index (χ0v) is 44.9. The number of rotatable bonds is 8. The van der Waals surface area contributed by atoms with Gasteiger partial charge in [0, 0.05) is 61.3 Å². The van der Waals surface area contributed by atoms with Crippen molar-refractivity contribution in [2.75, 3.05) is 0 Å². The van der Waals surface area contributed by atoms with Crippen LogP contribution in [0.25, 0.3) is 140 Å². The van der Waals surface area contributed by atoms with E-state index in [1.807, 2.05) is 45.3 Å². The minimum atomic E-state index is 1.28. The molecule has 0 aliphatic carbocycles. The molecule has 0 spiro atoms. The second kappa shape index (κ2) is 16.3. The summed E-state index contributed by atoms with van der Waals surface area (Å²) in [5, 5.41) is 13.7. The molecule has 10 aromatic carbocycles. The van der Waals surface area contributed by atoms with Gasteiger partial charge in [0.25, 0.3) is 0 Å². The largest absolute Gasteiger partial charge is 0.140 e. The summed E-state index contributed by atoms with van der Waals surface area (Å²) in [6, 6.07) is 59.1. The molecule has 0 fully saturated rings. The van der Waals surface area contributed by atoms with Crippen LogP contribution in [0.2, 0.25) is 0 Å². The third-order valence-electron chi connectivity index (χ3n) is 15.9. The molecule has 72 heavy (non-hydrogen) atoms. The third-order valence-corrected chi connectivity index (χ3v) is 20.9. The number of hydrogen-bond acceptors (Lipinski definition) is 4. The molecule has 4 heterocycles. The Bertz CT molecular complexity index is 4140. The minimum Gasteiger partial charge on any atom is -0.140 e. The van der Waals surface area contributed by atoms with Crippen LogP contribution in [0.5, 0.6) is 0 Å². The molecule has 0 N–H and O–H groups in total. The van der Waals surface area contributed by atoms with E-state index in [4.69, 9.17) is 0 Å². The van der Waals surface area contributed by atoms with Gasteiger partial charge in [0.05, 0.1) is 0 Å². The Hall–Kier alpha value is -6.92. The second-order valence-corrected chi connectivity index (χ2v) is 24.8. The summed E-state index contributed by atoms with van der Waals surface area (Å²) in [4.78, 5) is 10.8. The van der Waals surface area contributed by atoms with E-state index >= 15 is 0 Å². The van der Waals surface area contributed by atoms with Crippen LogP contribution in [0.4, 0.5) is 0 Å². The zero-order valence-electron chi connectivity index (χ0n) is 41.6. The van der Waals surface area contributed by atoms with Gasteiger partial charge in [-0.2, -0.15) is 0 Å². The van der Waals surface area contributed by atoms with Crippen LogP contribution in [0, 0.1) is 55.4 Å². The van der Waals surface area contributed by atoms with Crippen molar-refractivity contribution in [3.63, 3.8) is 0 Å². The van der Waals surface area contributed by atoms with Crippen molar-refractivity contribution in [3.05, 3.63) is 199 Å². The molecule has 346 valence electrons. The molecule has 0 aliphatic heterocycles. The fourth-order valence-corrected chi connectivity index (χ4v) is 17.7. The van der Waals surface area contributed by atoms with E-state index in [1.165, 1.54) is 182 Å². The Balaban J connectivity index is 1.19. The Labute approximate surface area is 437 Å². The lowest BCUT2D eigenvalue weighted by Gasteiger charge is -2.22. The first-order chi connectivity index (χ1) is 35.1. The Kier molecular flexibility index (Phi) is 9.92. The lowest BCUT2D eigenvalue weighted by molar-refractivity contribution is 1.47. The molecule has 0 bridgehead atoms. The van der Waals surface area contributed by atoms with Crippen LogP contribution >= 0.6 is 45.3 Å². The summed E-state index contributed by atoms with van der Waals surface area (Å²) in [5.74, 6) is 0. The summed E-state index contributed by atoms with van der Waals surface area (Å²) in [5.41, 5.74) is 21.5. The number of benzene rings is 9. The molecular weight excluding hydrogens is 945 g/mol. The number of aryl methyl sites for hydroxylation is 4. The normalized spacial score (nSPS) is 12.2. The van der Waals surface area contributed by atoms with E-state index in [0.717, 1.165) is 0 Å². The van der Waals surface area contributed by atoms with Crippen molar-refractivity contribution in [1.29, 1.82) is 0 Å². The lowest BCUT2D eigenvalue weighted by atomic mass is 9.80. The van der Waals surface area contributed by atoms with Crippen molar-refractivity contribution in [1.82, 2.24) is 0 Å². The molecule has 0 saturated heterocycles. The summed E-state index contributed by atoms with van der Waals surface area (Å²) in [7, 11) is 0. The Morgan fingerprint density at radius 1 is 0.222 bits per heavy atom. The van der Waals surface area contributed by atoms with Gasteiger partial charge < -0.3 is 0 Å². The SMILES string of the molecule is Cc1sc(-c2ccccc2)c(C)c1-c1c(-c2c(C)sc(-c3ccccc3)c2C)c2ccc3c(-c4c(C)sc(-c5ccccc5)c4C)c(-c4c(C)sc(-c5ccccc5)c4C)c4ccc5ccc1c1c5c4c3c21. The van der Waals surface area contributed by atoms with Gasteiger partial charge in [0.15, 0.2) is 0 Å². The fourth-order valence-electron chi connectivity index (χ4n) is 13.0. The van der Waals surface area contributed by atoms with Crippen LogP contribution in [-0.4, -0.2) is 0 Å². The molecule has 0 unspecified atom stereocenters. The first-order valence-corrected chi connectivity index (χ1v) is 28.3. The quantitative estimate of drug-likeness (QED) is 0.133. The summed E-state index contributed by atoms with van der Waals surface area (Å²) >= 11 is 7.79. The monoisotopic (exact) mass is 994 g/mol. The second-order valence-electron chi connectivity index (χ2n) is 19.9. The van der Waals surface area contributed by atoms with Crippen molar-refractivity contribution in [2.45, 2.75) is 55.4 Å². The van der Waals surface area contributed by atoms with E-state index in [2.05, 4.69) is 213 Å². The highest BCUT2D eigenvalue weighted by molar-refractivity contribution is 7.17. The third kappa shape index (κ3) is 6.07. The maximum absolute atomic E-state index is 2.55. The van der Waals surface area contributed by atoms with Crippen LogP contribution in [0.15, 0.2) is 158 Å². The highest BCUT2D eigenvalue weighted by Gasteiger charge is 2.34. The van der Waals surface area contributed by atoms with Gasteiger partial charge in [0.2, 0.25) is 0 Å². The van der Waals surface area contributed by atoms with Crippen molar-refractivity contribution in [2.24, 2.45) is 0 Å². The van der Waals surface area contributed by atoms with Crippen molar-refractivity contribution in [3.8, 4) is 86.3 Å². The van der Waals surface area contributed by atoms with E-state index in [1.54, 1.807) is 0 Å². The first kappa shape index (κ1) is 43.8. The standard InChI is InChI=1S/C68H50S4/c1-35-52(39(5)69-65(35)44-21-13-9-14-22-44)57-48-31-29-43-30-32-49-58(53-36(2)66(70-40(53)6)45-23-15-10-16-24-45)60(55-38(4)68(72-42(55)8)47-27-19-12-20-28-47)51-34-33-50(63-61(48)56(43)62(49)64(51)63)59(57)54-37(3)67(71-41(54)7)46-25-17-11-18-26-46/h9-34H,1-8H3. The van der Waals surface area contributed by atoms with Gasteiger partial charge in [0.1, 0.15) is 0 Å².